The zero-order valence-electron chi connectivity index (χ0n) is 15.7. The molecule has 0 aliphatic heterocycles. The smallest absolute Gasteiger partial charge is 0.277 e. The Kier molecular flexibility index (Phi) is 6.95. The van der Waals surface area contributed by atoms with Gasteiger partial charge in [-0.05, 0) is 62.4 Å². The van der Waals surface area contributed by atoms with Crippen LogP contribution in [0.1, 0.15) is 13.8 Å². The van der Waals surface area contributed by atoms with Crippen molar-refractivity contribution in [3.8, 4) is 11.5 Å². The van der Waals surface area contributed by atoms with Crippen LogP contribution < -0.4 is 10.2 Å². The van der Waals surface area contributed by atoms with Crippen LogP contribution in [0.4, 0.5) is 11.4 Å². The SMILES string of the molecule is CCN(CC)c1ccc(NC(=O)CSc2nnc(-c3ccc(Cl)cc3)o2)cc1. The molecule has 0 atom stereocenters. The summed E-state index contributed by atoms with van der Waals surface area (Å²) >= 11 is 7.07. The van der Waals surface area contributed by atoms with Crippen molar-refractivity contribution in [2.45, 2.75) is 19.1 Å². The van der Waals surface area contributed by atoms with Crippen LogP contribution in [0.5, 0.6) is 0 Å². The van der Waals surface area contributed by atoms with Crippen molar-refractivity contribution < 1.29 is 9.21 Å². The lowest BCUT2D eigenvalue weighted by Gasteiger charge is -2.21. The van der Waals surface area contributed by atoms with Crippen molar-refractivity contribution in [3.05, 3.63) is 53.6 Å². The van der Waals surface area contributed by atoms with Gasteiger partial charge in [-0.3, -0.25) is 4.79 Å². The molecule has 0 aliphatic rings. The molecule has 0 radical (unpaired) electrons. The molecule has 1 heterocycles. The minimum absolute atomic E-state index is 0.133. The van der Waals surface area contributed by atoms with Crippen LogP contribution in [0, 0.1) is 0 Å². The summed E-state index contributed by atoms with van der Waals surface area (Å²) < 4.78 is 5.59. The lowest BCUT2D eigenvalue weighted by molar-refractivity contribution is -0.113. The van der Waals surface area contributed by atoms with Crippen molar-refractivity contribution in [1.82, 2.24) is 10.2 Å². The Hall–Kier alpha value is -2.51. The summed E-state index contributed by atoms with van der Waals surface area (Å²) in [6.07, 6.45) is 0. The molecule has 146 valence electrons. The number of carbonyl (C=O) groups is 1. The second-order valence-electron chi connectivity index (χ2n) is 5.94. The van der Waals surface area contributed by atoms with Gasteiger partial charge in [0.15, 0.2) is 0 Å². The summed E-state index contributed by atoms with van der Waals surface area (Å²) in [4.78, 5) is 14.4. The van der Waals surface area contributed by atoms with Crippen LogP contribution in [-0.4, -0.2) is 34.9 Å². The van der Waals surface area contributed by atoms with Crippen molar-refractivity contribution in [2.24, 2.45) is 0 Å². The first-order chi connectivity index (χ1) is 13.6. The standard InChI is InChI=1S/C20H21ClN4O2S/c1-3-25(4-2)17-11-9-16(10-12-17)22-18(26)13-28-20-24-23-19(27-20)14-5-7-15(21)8-6-14/h5-12H,3-4,13H2,1-2H3,(H,22,26). The molecular formula is C20H21ClN4O2S. The number of nitrogens with zero attached hydrogens (tertiary/aromatic N) is 3. The molecule has 1 N–H and O–H groups in total. The first-order valence-corrected chi connectivity index (χ1v) is 10.3. The number of rotatable bonds is 8. The Morgan fingerprint density at radius 3 is 2.39 bits per heavy atom. The van der Waals surface area contributed by atoms with Crippen LogP contribution in [0.15, 0.2) is 58.2 Å². The molecule has 6 nitrogen and oxygen atoms in total. The fourth-order valence-corrected chi connectivity index (χ4v) is 3.34. The van der Waals surface area contributed by atoms with E-state index in [9.17, 15) is 4.79 Å². The summed E-state index contributed by atoms with van der Waals surface area (Å²) in [6, 6.07) is 14.9. The minimum Gasteiger partial charge on any atom is -0.411 e. The maximum Gasteiger partial charge on any atom is 0.277 e. The fraction of sp³-hybridized carbons (Fsp3) is 0.250. The molecule has 0 aliphatic carbocycles. The van der Waals surface area contributed by atoms with E-state index in [1.165, 1.54) is 11.8 Å². The quantitative estimate of drug-likeness (QED) is 0.523. The number of nitrogens with one attached hydrogen (secondary N) is 1. The molecule has 3 aromatic rings. The molecule has 1 aromatic heterocycles. The summed E-state index contributed by atoms with van der Waals surface area (Å²) in [5.74, 6) is 0.443. The topological polar surface area (TPSA) is 71.3 Å². The van der Waals surface area contributed by atoms with E-state index in [2.05, 4.69) is 34.3 Å². The van der Waals surface area contributed by atoms with Gasteiger partial charge in [-0.1, -0.05) is 23.4 Å². The number of amides is 1. The number of benzene rings is 2. The van der Waals surface area contributed by atoms with Gasteiger partial charge in [-0.15, -0.1) is 10.2 Å². The highest BCUT2D eigenvalue weighted by atomic mass is 35.5. The molecule has 0 saturated heterocycles. The number of carbonyl (C=O) groups excluding carboxylic acids is 1. The van der Waals surface area contributed by atoms with Gasteiger partial charge in [0.2, 0.25) is 11.8 Å². The first kappa shape index (κ1) is 20.2. The monoisotopic (exact) mass is 416 g/mol. The van der Waals surface area contributed by atoms with Crippen molar-refractivity contribution in [3.63, 3.8) is 0 Å². The number of aromatic nitrogens is 2. The van der Waals surface area contributed by atoms with Gasteiger partial charge in [0.1, 0.15) is 0 Å². The molecule has 0 fully saturated rings. The van der Waals surface area contributed by atoms with Crippen LogP contribution in [0.25, 0.3) is 11.5 Å². The molecule has 0 spiro atoms. The highest BCUT2D eigenvalue weighted by Crippen LogP contribution is 2.24. The summed E-state index contributed by atoms with van der Waals surface area (Å²) in [5, 5.41) is 11.8. The second-order valence-corrected chi connectivity index (χ2v) is 7.30. The average Bonchev–Trinajstić information content (AvgIpc) is 3.18. The van der Waals surface area contributed by atoms with Crippen LogP contribution >= 0.6 is 23.4 Å². The fourth-order valence-electron chi connectivity index (χ4n) is 2.65. The zero-order valence-corrected chi connectivity index (χ0v) is 17.3. The van der Waals surface area contributed by atoms with E-state index in [1.807, 2.05) is 24.3 Å². The molecule has 8 heteroatoms. The van der Waals surface area contributed by atoms with Gasteiger partial charge in [0.25, 0.3) is 5.22 Å². The van der Waals surface area contributed by atoms with E-state index in [0.29, 0.717) is 16.1 Å². The molecule has 0 saturated carbocycles. The molecule has 0 unspecified atom stereocenters. The normalized spacial score (nSPS) is 10.7. The number of hydrogen-bond donors (Lipinski definition) is 1. The highest BCUT2D eigenvalue weighted by Gasteiger charge is 2.11. The number of hydrogen-bond acceptors (Lipinski definition) is 6. The molecule has 1 amide bonds. The van der Waals surface area contributed by atoms with Crippen LogP contribution in [0.2, 0.25) is 5.02 Å². The molecular weight excluding hydrogens is 396 g/mol. The Morgan fingerprint density at radius 2 is 1.75 bits per heavy atom. The first-order valence-electron chi connectivity index (χ1n) is 8.96. The Labute approximate surface area is 173 Å². The van der Waals surface area contributed by atoms with E-state index in [0.717, 1.165) is 30.0 Å². The maximum absolute atomic E-state index is 12.2. The number of anilines is 2. The van der Waals surface area contributed by atoms with Crippen LogP contribution in [0.3, 0.4) is 0 Å². The third-order valence-electron chi connectivity index (χ3n) is 4.10. The number of halogens is 1. The van der Waals surface area contributed by atoms with Gasteiger partial charge in [-0.25, -0.2) is 0 Å². The summed E-state index contributed by atoms with van der Waals surface area (Å²) in [5.41, 5.74) is 2.67. The van der Waals surface area contributed by atoms with E-state index >= 15 is 0 Å². The van der Waals surface area contributed by atoms with Gasteiger partial charge < -0.3 is 14.6 Å². The van der Waals surface area contributed by atoms with Crippen molar-refractivity contribution in [1.29, 1.82) is 0 Å². The summed E-state index contributed by atoms with van der Waals surface area (Å²) in [7, 11) is 0. The van der Waals surface area contributed by atoms with Crippen LogP contribution in [-0.2, 0) is 4.79 Å². The molecule has 28 heavy (non-hydrogen) atoms. The predicted molar refractivity (Wildman–Crippen MR) is 114 cm³/mol. The van der Waals surface area contributed by atoms with Gasteiger partial charge in [0, 0.05) is 35.1 Å². The Bertz CT molecular complexity index is 909. The van der Waals surface area contributed by atoms with Gasteiger partial charge in [0.05, 0.1) is 5.75 Å². The van der Waals surface area contributed by atoms with E-state index in [-0.39, 0.29) is 11.7 Å². The summed E-state index contributed by atoms with van der Waals surface area (Å²) in [6.45, 7) is 6.13. The van der Waals surface area contributed by atoms with Crippen molar-refractivity contribution >= 4 is 40.6 Å². The molecule has 2 aromatic carbocycles. The third-order valence-corrected chi connectivity index (χ3v) is 5.17. The molecule has 0 bridgehead atoms. The number of thioether (sulfide) groups is 1. The Balaban J connectivity index is 1.52. The predicted octanol–water partition coefficient (Wildman–Crippen LogP) is 4.97. The van der Waals surface area contributed by atoms with E-state index in [1.54, 1.807) is 24.3 Å². The largest absolute Gasteiger partial charge is 0.411 e. The second kappa shape index (κ2) is 9.61. The average molecular weight is 417 g/mol. The highest BCUT2D eigenvalue weighted by molar-refractivity contribution is 7.99. The lowest BCUT2D eigenvalue weighted by atomic mass is 10.2. The van der Waals surface area contributed by atoms with E-state index in [4.69, 9.17) is 16.0 Å². The lowest BCUT2D eigenvalue weighted by Crippen LogP contribution is -2.21. The minimum atomic E-state index is -0.133. The van der Waals surface area contributed by atoms with Gasteiger partial charge >= 0.3 is 0 Å². The molecule has 3 rings (SSSR count). The maximum atomic E-state index is 12.2. The Morgan fingerprint density at radius 1 is 1.07 bits per heavy atom. The zero-order chi connectivity index (χ0) is 19.9. The van der Waals surface area contributed by atoms with Gasteiger partial charge in [-0.2, -0.15) is 0 Å². The third kappa shape index (κ3) is 5.27. The van der Waals surface area contributed by atoms with E-state index < -0.39 is 0 Å². The van der Waals surface area contributed by atoms with Crippen molar-refractivity contribution in [2.75, 3.05) is 29.1 Å².